The van der Waals surface area contributed by atoms with Crippen LogP contribution in [0.5, 0.6) is 17.2 Å². The molecule has 2 heterocycles. The van der Waals surface area contributed by atoms with Gasteiger partial charge in [-0.2, -0.15) is 10.1 Å². The highest BCUT2D eigenvalue weighted by atomic mass is 16.5. The van der Waals surface area contributed by atoms with Crippen LogP contribution in [-0.2, 0) is 6.54 Å². The first kappa shape index (κ1) is 22.9. The Hall–Kier alpha value is -4.86. The van der Waals surface area contributed by atoms with E-state index in [1.54, 1.807) is 68.3 Å². The lowest BCUT2D eigenvalue weighted by atomic mass is 10.1. The first-order chi connectivity index (χ1) is 17.5. The highest BCUT2D eigenvalue weighted by Crippen LogP contribution is 2.28. The molecule has 1 amide bonds. The molecule has 3 aromatic carbocycles. The number of nitrogens with one attached hydrogen (secondary N) is 2. The molecule has 0 atom stereocenters. The Morgan fingerprint density at radius 3 is 2.44 bits per heavy atom. The third-order valence-corrected chi connectivity index (χ3v) is 5.89. The summed E-state index contributed by atoms with van der Waals surface area (Å²) in [5.74, 6) is 1.60. The number of H-pyrrole nitrogens is 1. The van der Waals surface area contributed by atoms with Gasteiger partial charge >= 0.3 is 0 Å². The van der Waals surface area contributed by atoms with Crippen molar-refractivity contribution in [2.24, 2.45) is 0 Å². The Morgan fingerprint density at radius 1 is 0.944 bits per heavy atom. The Bertz CT molecular complexity index is 1640. The van der Waals surface area contributed by atoms with Crippen LogP contribution >= 0.6 is 0 Å². The molecule has 10 nitrogen and oxygen atoms in total. The van der Waals surface area contributed by atoms with Gasteiger partial charge in [-0.15, -0.1) is 0 Å². The first-order valence-corrected chi connectivity index (χ1v) is 11.1. The summed E-state index contributed by atoms with van der Waals surface area (Å²) < 4.78 is 17.4. The van der Waals surface area contributed by atoms with E-state index in [1.807, 2.05) is 18.2 Å². The topological polar surface area (TPSA) is 120 Å². The monoisotopic (exact) mass is 485 g/mol. The minimum absolute atomic E-state index is 0.286. The van der Waals surface area contributed by atoms with Crippen LogP contribution in [0.4, 0.5) is 0 Å². The number of ether oxygens (including phenoxy) is 3. The summed E-state index contributed by atoms with van der Waals surface area (Å²) in [6.45, 7) is 0.286. The molecule has 0 spiro atoms. The Morgan fingerprint density at radius 2 is 1.72 bits per heavy atom. The number of fused-ring (bicyclic) bond motifs is 3. The number of hydrogen-bond donors (Lipinski definition) is 2. The van der Waals surface area contributed by atoms with Crippen LogP contribution in [0.2, 0.25) is 0 Å². The predicted octanol–water partition coefficient (Wildman–Crippen LogP) is 3.19. The second-order valence-corrected chi connectivity index (χ2v) is 7.97. The van der Waals surface area contributed by atoms with Crippen LogP contribution in [0.3, 0.4) is 0 Å². The highest BCUT2D eigenvalue weighted by molar-refractivity contribution is 5.98. The standard InChI is InChI=1S/C26H23N5O5/c1-34-18-8-5-16(6-9-18)23-24-28-26(33)19-10-7-17(13-20(19)31(24)30-29-23)25(32)27-14-15-4-11-21(35-2)22(12-15)36-3/h4-13,30H,14H2,1-3H3,(H,27,32). The zero-order valence-corrected chi connectivity index (χ0v) is 19.9. The van der Waals surface area contributed by atoms with Crippen molar-refractivity contribution in [2.75, 3.05) is 21.3 Å². The van der Waals surface area contributed by atoms with E-state index >= 15 is 0 Å². The molecule has 0 radical (unpaired) electrons. The number of hydrogen-bond acceptors (Lipinski definition) is 7. The predicted molar refractivity (Wildman–Crippen MR) is 134 cm³/mol. The minimum atomic E-state index is -0.404. The zero-order valence-electron chi connectivity index (χ0n) is 19.9. The van der Waals surface area contributed by atoms with Crippen molar-refractivity contribution in [3.8, 4) is 28.5 Å². The van der Waals surface area contributed by atoms with Crippen molar-refractivity contribution in [1.82, 2.24) is 25.1 Å². The smallest absolute Gasteiger partial charge is 0.281 e. The Kier molecular flexibility index (Phi) is 5.99. The lowest BCUT2D eigenvalue weighted by Crippen LogP contribution is -2.23. The maximum absolute atomic E-state index is 12.9. The molecule has 0 aliphatic rings. The zero-order chi connectivity index (χ0) is 25.2. The molecular formula is C26H23N5O5. The molecule has 5 rings (SSSR count). The lowest BCUT2D eigenvalue weighted by Gasteiger charge is -2.11. The van der Waals surface area contributed by atoms with Crippen molar-refractivity contribution >= 4 is 22.5 Å². The quantitative estimate of drug-likeness (QED) is 0.363. The second-order valence-electron chi connectivity index (χ2n) is 7.97. The third kappa shape index (κ3) is 4.09. The largest absolute Gasteiger partial charge is 0.497 e. The molecule has 0 aliphatic heterocycles. The van der Waals surface area contributed by atoms with E-state index in [0.29, 0.717) is 45.1 Å². The SMILES string of the molecule is COc1ccc(-c2n[nH]n3c2nc(=O)c2ccc(C(=O)NCc4ccc(OC)c(OC)c4)cc23)cc1. The molecule has 0 bridgehead atoms. The van der Waals surface area contributed by atoms with Gasteiger partial charge in [-0.25, -0.2) is 9.73 Å². The van der Waals surface area contributed by atoms with Gasteiger partial charge in [-0.1, -0.05) is 6.07 Å². The molecule has 182 valence electrons. The number of aromatic nitrogens is 4. The first-order valence-electron chi connectivity index (χ1n) is 11.1. The summed E-state index contributed by atoms with van der Waals surface area (Å²) in [6.07, 6.45) is 0. The molecule has 36 heavy (non-hydrogen) atoms. The van der Waals surface area contributed by atoms with Crippen molar-refractivity contribution in [2.45, 2.75) is 6.54 Å². The summed E-state index contributed by atoms with van der Waals surface area (Å²) in [4.78, 5) is 29.9. The molecule has 0 aliphatic carbocycles. The number of benzene rings is 3. The lowest BCUT2D eigenvalue weighted by molar-refractivity contribution is 0.0951. The van der Waals surface area contributed by atoms with Gasteiger partial charge in [0, 0.05) is 17.7 Å². The van der Waals surface area contributed by atoms with E-state index in [2.05, 4.69) is 20.6 Å². The van der Waals surface area contributed by atoms with E-state index in [0.717, 1.165) is 11.1 Å². The molecular weight excluding hydrogens is 462 g/mol. The maximum atomic E-state index is 12.9. The number of carbonyl (C=O) groups excluding carboxylic acids is 1. The number of nitrogens with zero attached hydrogens (tertiary/aromatic N) is 3. The molecule has 10 heteroatoms. The maximum Gasteiger partial charge on any atom is 0.281 e. The van der Waals surface area contributed by atoms with Crippen molar-refractivity contribution in [3.05, 3.63) is 82.1 Å². The van der Waals surface area contributed by atoms with Crippen LogP contribution in [0.1, 0.15) is 15.9 Å². The molecule has 0 fully saturated rings. The Labute approximate surface area is 205 Å². The number of aromatic amines is 1. The fraction of sp³-hybridized carbons (Fsp3) is 0.154. The molecule has 5 aromatic rings. The van der Waals surface area contributed by atoms with E-state index in [4.69, 9.17) is 14.2 Å². The van der Waals surface area contributed by atoms with E-state index < -0.39 is 5.56 Å². The molecule has 2 N–H and O–H groups in total. The van der Waals surface area contributed by atoms with Crippen LogP contribution in [-0.4, -0.2) is 47.0 Å². The number of amides is 1. The van der Waals surface area contributed by atoms with Gasteiger partial charge in [0.1, 0.15) is 11.4 Å². The highest BCUT2D eigenvalue weighted by Gasteiger charge is 2.16. The van der Waals surface area contributed by atoms with Crippen molar-refractivity contribution < 1.29 is 19.0 Å². The third-order valence-electron chi connectivity index (χ3n) is 5.89. The average molecular weight is 486 g/mol. The van der Waals surface area contributed by atoms with Gasteiger partial charge in [-0.3, -0.25) is 9.59 Å². The van der Waals surface area contributed by atoms with Gasteiger partial charge in [-0.05, 0) is 60.2 Å². The van der Waals surface area contributed by atoms with Crippen molar-refractivity contribution in [1.29, 1.82) is 0 Å². The fourth-order valence-corrected chi connectivity index (χ4v) is 3.99. The van der Waals surface area contributed by atoms with Gasteiger partial charge in [0.15, 0.2) is 17.1 Å². The fourth-order valence-electron chi connectivity index (χ4n) is 3.99. The Balaban J connectivity index is 1.46. The number of carbonyl (C=O) groups is 1. The number of methoxy groups -OCH3 is 3. The van der Waals surface area contributed by atoms with Gasteiger partial charge in [0.2, 0.25) is 0 Å². The normalized spacial score (nSPS) is 11.0. The van der Waals surface area contributed by atoms with Crippen LogP contribution in [0, 0.1) is 0 Å². The van der Waals surface area contributed by atoms with Crippen LogP contribution in [0.15, 0.2) is 65.5 Å². The summed E-state index contributed by atoms with van der Waals surface area (Å²) in [6, 6.07) is 17.6. The van der Waals surface area contributed by atoms with E-state index in [-0.39, 0.29) is 12.5 Å². The molecule has 2 aromatic heterocycles. The van der Waals surface area contributed by atoms with Crippen LogP contribution in [0.25, 0.3) is 27.8 Å². The van der Waals surface area contributed by atoms with Crippen LogP contribution < -0.4 is 25.1 Å². The van der Waals surface area contributed by atoms with Gasteiger partial charge < -0.3 is 19.5 Å². The summed E-state index contributed by atoms with van der Waals surface area (Å²) >= 11 is 0. The van der Waals surface area contributed by atoms with Gasteiger partial charge in [0.25, 0.3) is 11.5 Å². The van der Waals surface area contributed by atoms with Gasteiger partial charge in [0.05, 0.1) is 32.2 Å². The summed E-state index contributed by atoms with van der Waals surface area (Å²) in [5.41, 5.74) is 2.98. The second kappa shape index (κ2) is 9.41. The summed E-state index contributed by atoms with van der Waals surface area (Å²) in [5, 5.41) is 10.5. The van der Waals surface area contributed by atoms with E-state index in [1.165, 1.54) is 0 Å². The average Bonchev–Trinajstić information content (AvgIpc) is 3.35. The number of rotatable bonds is 7. The van der Waals surface area contributed by atoms with Crippen molar-refractivity contribution in [3.63, 3.8) is 0 Å². The van der Waals surface area contributed by atoms with E-state index in [9.17, 15) is 9.59 Å². The molecule has 0 saturated carbocycles. The molecule has 0 unspecified atom stereocenters. The molecule has 0 saturated heterocycles. The minimum Gasteiger partial charge on any atom is -0.497 e. The summed E-state index contributed by atoms with van der Waals surface area (Å²) in [7, 11) is 4.71.